The number of rotatable bonds is 9. The maximum Gasteiger partial charge on any atom is 0.338 e. The molecule has 0 amide bonds. The van der Waals surface area contributed by atoms with E-state index in [1.54, 1.807) is 37.8 Å². The maximum absolute atomic E-state index is 14.5. The van der Waals surface area contributed by atoms with Gasteiger partial charge >= 0.3 is 5.97 Å². The predicted molar refractivity (Wildman–Crippen MR) is 193 cm³/mol. The molecule has 0 N–H and O–H groups in total. The van der Waals surface area contributed by atoms with E-state index in [1.165, 1.54) is 11.3 Å². The quantitative estimate of drug-likeness (QED) is 0.160. The molecule has 1 aliphatic heterocycles. The summed E-state index contributed by atoms with van der Waals surface area (Å²) in [6, 6.07) is 29.9. The Kier molecular flexibility index (Phi) is 8.95. The number of aromatic nitrogens is 2. The molecule has 0 bridgehead atoms. The van der Waals surface area contributed by atoms with E-state index in [1.807, 2.05) is 78.9 Å². The second-order valence-corrected chi connectivity index (χ2v) is 12.8. The van der Waals surface area contributed by atoms with Crippen LogP contribution < -0.4 is 24.4 Å². The van der Waals surface area contributed by atoms with Crippen LogP contribution in [0.25, 0.3) is 22.7 Å². The van der Waals surface area contributed by atoms with Crippen molar-refractivity contribution >= 4 is 51.6 Å². The molecule has 6 aromatic rings. The Morgan fingerprint density at radius 2 is 1.67 bits per heavy atom. The second kappa shape index (κ2) is 13.6. The van der Waals surface area contributed by atoms with Crippen LogP contribution in [0.15, 0.2) is 119 Å². The Balaban J connectivity index is 1.46. The number of hydrogen-bond acceptors (Lipinski definition) is 7. The van der Waals surface area contributed by atoms with Crippen LogP contribution in [0, 0.1) is 0 Å². The van der Waals surface area contributed by atoms with Crippen molar-refractivity contribution in [1.82, 2.24) is 9.13 Å². The van der Waals surface area contributed by atoms with Gasteiger partial charge in [-0.05, 0) is 54.5 Å². The number of carbonyl (C=O) groups excluding carboxylic acids is 1. The molecule has 0 saturated heterocycles. The molecule has 246 valence electrons. The van der Waals surface area contributed by atoms with E-state index in [-0.39, 0.29) is 17.7 Å². The van der Waals surface area contributed by atoms with Gasteiger partial charge in [0.15, 0.2) is 16.3 Å². The molecule has 0 spiro atoms. The van der Waals surface area contributed by atoms with E-state index < -0.39 is 12.0 Å². The van der Waals surface area contributed by atoms with Crippen molar-refractivity contribution in [3.8, 4) is 11.5 Å². The lowest BCUT2D eigenvalue weighted by atomic mass is 9.93. The van der Waals surface area contributed by atoms with Gasteiger partial charge in [0.25, 0.3) is 5.56 Å². The van der Waals surface area contributed by atoms with Gasteiger partial charge in [0.1, 0.15) is 0 Å². The monoisotopic (exact) mass is 689 g/mol. The van der Waals surface area contributed by atoms with Crippen LogP contribution in [0.4, 0.5) is 0 Å². The van der Waals surface area contributed by atoms with Crippen LogP contribution >= 0.6 is 22.9 Å². The Morgan fingerprint density at radius 3 is 2.41 bits per heavy atom. The normalized spacial score (nSPS) is 14.4. The topological polar surface area (TPSA) is 84.1 Å². The molecule has 0 radical (unpaired) electrons. The van der Waals surface area contributed by atoms with Crippen molar-refractivity contribution in [2.24, 2.45) is 4.99 Å². The third-order valence-electron chi connectivity index (χ3n) is 8.47. The standard InChI is InChI=1S/C39H32ClN3O5S/c1-4-48-38(45)34-35(25-10-6-5-7-11-25)41-39-43(36(34)26-16-19-31(46-2)32(20-26)47-3)37(44)33(49-39)21-27-23-42(30-13-9-8-12-29(27)30)22-24-14-17-28(40)18-15-24/h5-21,23,36H,4,22H2,1-3H3/b33-21-/t36-/m0/s1. The summed E-state index contributed by atoms with van der Waals surface area (Å²) in [5, 5.41) is 1.70. The number of carbonyl (C=O) groups is 1. The summed E-state index contributed by atoms with van der Waals surface area (Å²) >= 11 is 7.42. The fourth-order valence-corrected chi connectivity index (χ4v) is 7.35. The maximum atomic E-state index is 14.5. The van der Waals surface area contributed by atoms with Crippen molar-refractivity contribution in [3.05, 3.63) is 156 Å². The van der Waals surface area contributed by atoms with Crippen molar-refractivity contribution in [2.75, 3.05) is 20.8 Å². The third kappa shape index (κ3) is 6.07. The van der Waals surface area contributed by atoms with Gasteiger partial charge in [0.2, 0.25) is 0 Å². The molecule has 10 heteroatoms. The molecule has 1 aliphatic rings. The van der Waals surface area contributed by atoms with Gasteiger partial charge in [0.05, 0.1) is 42.7 Å². The molecular weight excluding hydrogens is 658 g/mol. The van der Waals surface area contributed by atoms with Crippen LogP contribution in [0.5, 0.6) is 11.5 Å². The number of hydrogen-bond donors (Lipinski definition) is 0. The number of ether oxygens (including phenoxy) is 3. The smallest absolute Gasteiger partial charge is 0.338 e. The van der Waals surface area contributed by atoms with Crippen molar-refractivity contribution in [2.45, 2.75) is 19.5 Å². The van der Waals surface area contributed by atoms with Gasteiger partial charge in [-0.2, -0.15) is 0 Å². The number of halogens is 1. The van der Waals surface area contributed by atoms with Crippen molar-refractivity contribution in [3.63, 3.8) is 0 Å². The van der Waals surface area contributed by atoms with Crippen molar-refractivity contribution in [1.29, 1.82) is 0 Å². The number of fused-ring (bicyclic) bond motifs is 2. The van der Waals surface area contributed by atoms with E-state index in [4.69, 9.17) is 30.8 Å². The summed E-state index contributed by atoms with van der Waals surface area (Å²) < 4.78 is 21.0. The van der Waals surface area contributed by atoms with Gasteiger partial charge < -0.3 is 18.8 Å². The van der Waals surface area contributed by atoms with E-state index >= 15 is 0 Å². The molecule has 49 heavy (non-hydrogen) atoms. The van der Waals surface area contributed by atoms with Crippen LogP contribution in [-0.4, -0.2) is 35.9 Å². The highest BCUT2D eigenvalue weighted by molar-refractivity contribution is 7.07. The number of benzene rings is 4. The number of methoxy groups -OCH3 is 2. The van der Waals surface area contributed by atoms with Gasteiger partial charge in [-0.3, -0.25) is 9.36 Å². The summed E-state index contributed by atoms with van der Waals surface area (Å²) in [5.41, 5.74) is 4.86. The second-order valence-electron chi connectivity index (χ2n) is 11.4. The first-order chi connectivity index (χ1) is 23.9. The molecule has 3 heterocycles. The summed E-state index contributed by atoms with van der Waals surface area (Å²) in [7, 11) is 3.11. The fraction of sp³-hybridized carbons (Fsp3) is 0.154. The largest absolute Gasteiger partial charge is 0.493 e. The van der Waals surface area contributed by atoms with Gasteiger partial charge in [0, 0.05) is 39.8 Å². The summed E-state index contributed by atoms with van der Waals surface area (Å²) in [5.74, 6) is 0.445. The molecule has 1 atom stereocenters. The van der Waals surface area contributed by atoms with Gasteiger partial charge in [-0.15, -0.1) is 0 Å². The van der Waals surface area contributed by atoms with Crippen molar-refractivity contribution < 1.29 is 19.0 Å². The molecule has 0 unspecified atom stereocenters. The summed E-state index contributed by atoms with van der Waals surface area (Å²) in [6.07, 6.45) is 3.97. The lowest BCUT2D eigenvalue weighted by Gasteiger charge is -2.26. The summed E-state index contributed by atoms with van der Waals surface area (Å²) in [4.78, 5) is 33.8. The number of esters is 1. The fourth-order valence-electron chi connectivity index (χ4n) is 6.23. The molecule has 4 aromatic carbocycles. The summed E-state index contributed by atoms with van der Waals surface area (Å²) in [6.45, 7) is 2.55. The first kappa shape index (κ1) is 32.2. The zero-order valence-electron chi connectivity index (χ0n) is 27.1. The third-order valence-corrected chi connectivity index (χ3v) is 9.70. The van der Waals surface area contributed by atoms with Crippen LogP contribution in [0.3, 0.4) is 0 Å². The van der Waals surface area contributed by atoms with E-state index in [0.717, 1.165) is 27.6 Å². The molecule has 8 nitrogen and oxygen atoms in total. The van der Waals surface area contributed by atoms with Gasteiger partial charge in [-0.1, -0.05) is 89.7 Å². The Morgan fingerprint density at radius 1 is 0.939 bits per heavy atom. The molecule has 0 aliphatic carbocycles. The van der Waals surface area contributed by atoms with E-state index in [9.17, 15) is 9.59 Å². The number of thiazole rings is 1. The minimum absolute atomic E-state index is 0.160. The van der Waals surface area contributed by atoms with E-state index in [2.05, 4.69) is 22.9 Å². The van der Waals surface area contributed by atoms with Gasteiger partial charge in [-0.25, -0.2) is 9.79 Å². The lowest BCUT2D eigenvalue weighted by Crippen LogP contribution is -2.40. The van der Waals surface area contributed by atoms with Crippen LogP contribution in [-0.2, 0) is 16.1 Å². The predicted octanol–water partition coefficient (Wildman–Crippen LogP) is 6.61. The lowest BCUT2D eigenvalue weighted by molar-refractivity contribution is -0.138. The highest BCUT2D eigenvalue weighted by Gasteiger charge is 2.35. The highest BCUT2D eigenvalue weighted by atomic mass is 35.5. The zero-order valence-corrected chi connectivity index (χ0v) is 28.6. The van der Waals surface area contributed by atoms with E-state index in [0.29, 0.717) is 43.7 Å². The first-order valence-corrected chi connectivity index (χ1v) is 16.9. The Labute approximate surface area is 291 Å². The SMILES string of the molecule is CCOC(=O)C1=C(c2ccccc2)N=c2s/c(=C\c3cn(Cc4ccc(Cl)cc4)c4ccccc34)c(=O)n2[C@H]1c1ccc(OC)c(OC)c1. The average molecular weight is 690 g/mol. The molecular formula is C39H32ClN3O5S. The van der Waals surface area contributed by atoms with Crippen LogP contribution in [0.1, 0.15) is 35.2 Å². The van der Waals surface area contributed by atoms with Crippen LogP contribution in [0.2, 0.25) is 5.02 Å². The first-order valence-electron chi connectivity index (χ1n) is 15.7. The highest BCUT2D eigenvalue weighted by Crippen LogP contribution is 2.38. The molecule has 0 saturated carbocycles. The number of para-hydroxylation sites is 1. The Hall–Kier alpha value is -5.38. The minimum Gasteiger partial charge on any atom is -0.493 e. The number of nitrogens with zero attached hydrogens (tertiary/aromatic N) is 3. The minimum atomic E-state index is -0.848. The molecule has 0 fully saturated rings. The molecule has 7 rings (SSSR count). The zero-order chi connectivity index (χ0) is 34.1. The Bertz CT molecular complexity index is 2410. The molecule has 2 aromatic heterocycles. The average Bonchev–Trinajstić information content (AvgIpc) is 3.64.